The molecule has 0 spiro atoms. The molecule has 0 aromatic carbocycles. The number of nitrogens with zero attached hydrogens (tertiary/aromatic N) is 1. The van der Waals surface area contributed by atoms with E-state index in [0.29, 0.717) is 0 Å². The normalized spacial score (nSPS) is 11.3. The van der Waals surface area contributed by atoms with E-state index in [4.69, 9.17) is 0 Å². The zero-order valence-corrected chi connectivity index (χ0v) is 8.87. The van der Waals surface area contributed by atoms with E-state index in [2.05, 4.69) is 19.7 Å². The van der Waals surface area contributed by atoms with Crippen LogP contribution in [0.15, 0.2) is 17.3 Å². The highest BCUT2D eigenvalue weighted by atomic mass is 32.2. The van der Waals surface area contributed by atoms with Crippen LogP contribution in [-0.4, -0.2) is 38.2 Å². The van der Waals surface area contributed by atoms with Crippen molar-refractivity contribution in [2.45, 2.75) is 11.3 Å². The van der Waals surface area contributed by atoms with Crippen molar-refractivity contribution >= 4 is 16.0 Å². The number of ether oxygens (including phenoxy) is 1. The van der Waals surface area contributed by atoms with Crippen LogP contribution in [0.5, 0.6) is 0 Å². The molecule has 15 heavy (non-hydrogen) atoms. The largest absolute Gasteiger partial charge is 0.469 e. The maximum Gasteiger partial charge on any atom is 0.306 e. The van der Waals surface area contributed by atoms with Crippen LogP contribution in [0.3, 0.4) is 0 Å². The van der Waals surface area contributed by atoms with Gasteiger partial charge in [0.2, 0.25) is 10.0 Å². The standard InChI is InChI=1S/C7H11N3O4S/c1-14-7(11)2-3-10-15(12,13)6-4-8-9-5-6/h4-5,10H,2-3H2,1H3,(H,8,9). The van der Waals surface area contributed by atoms with Gasteiger partial charge in [0.25, 0.3) is 0 Å². The van der Waals surface area contributed by atoms with E-state index in [1.54, 1.807) is 0 Å². The monoisotopic (exact) mass is 233 g/mol. The smallest absolute Gasteiger partial charge is 0.306 e. The third-order valence-corrected chi connectivity index (χ3v) is 3.06. The maximum absolute atomic E-state index is 11.4. The topological polar surface area (TPSA) is 101 Å². The Hall–Kier alpha value is -1.41. The van der Waals surface area contributed by atoms with E-state index in [-0.39, 0.29) is 17.9 Å². The van der Waals surface area contributed by atoms with Crippen LogP contribution in [0.4, 0.5) is 0 Å². The first-order valence-electron chi connectivity index (χ1n) is 4.11. The predicted octanol–water partition coefficient (Wildman–Crippen LogP) is -0.749. The van der Waals surface area contributed by atoms with Gasteiger partial charge in [0, 0.05) is 12.7 Å². The van der Waals surface area contributed by atoms with E-state index in [9.17, 15) is 13.2 Å². The lowest BCUT2D eigenvalue weighted by atomic mass is 10.4. The summed E-state index contributed by atoms with van der Waals surface area (Å²) in [4.78, 5) is 10.7. The summed E-state index contributed by atoms with van der Waals surface area (Å²) >= 11 is 0. The second kappa shape index (κ2) is 4.89. The van der Waals surface area contributed by atoms with Crippen LogP contribution in [0.2, 0.25) is 0 Å². The van der Waals surface area contributed by atoms with Crippen LogP contribution >= 0.6 is 0 Å². The van der Waals surface area contributed by atoms with Crippen LogP contribution in [-0.2, 0) is 19.6 Å². The molecule has 0 fully saturated rings. The molecule has 0 bridgehead atoms. The minimum absolute atomic E-state index is 0.000185. The van der Waals surface area contributed by atoms with E-state index < -0.39 is 16.0 Å². The second-order valence-electron chi connectivity index (χ2n) is 2.66. The van der Waals surface area contributed by atoms with Crippen LogP contribution in [0.25, 0.3) is 0 Å². The number of carbonyl (C=O) groups excluding carboxylic acids is 1. The predicted molar refractivity (Wildman–Crippen MR) is 50.4 cm³/mol. The highest BCUT2D eigenvalue weighted by molar-refractivity contribution is 7.89. The molecule has 1 rings (SSSR count). The zero-order valence-electron chi connectivity index (χ0n) is 8.06. The number of esters is 1. The van der Waals surface area contributed by atoms with Gasteiger partial charge in [0.15, 0.2) is 0 Å². The lowest BCUT2D eigenvalue weighted by Crippen LogP contribution is -2.26. The van der Waals surface area contributed by atoms with Gasteiger partial charge in [0.1, 0.15) is 4.90 Å². The van der Waals surface area contributed by atoms with E-state index in [1.165, 1.54) is 19.5 Å². The Labute approximate surface area is 86.9 Å². The minimum atomic E-state index is -3.57. The number of carbonyl (C=O) groups is 1. The Balaban J connectivity index is 2.49. The quantitative estimate of drug-likeness (QED) is 0.652. The first-order valence-corrected chi connectivity index (χ1v) is 5.60. The van der Waals surface area contributed by atoms with Gasteiger partial charge in [-0.25, -0.2) is 13.1 Å². The Morgan fingerprint density at radius 2 is 2.40 bits per heavy atom. The first-order chi connectivity index (χ1) is 7.06. The van der Waals surface area contributed by atoms with Gasteiger partial charge in [-0.2, -0.15) is 5.10 Å². The van der Waals surface area contributed by atoms with Crippen LogP contribution in [0.1, 0.15) is 6.42 Å². The van der Waals surface area contributed by atoms with Crippen molar-refractivity contribution in [3.8, 4) is 0 Å². The average molecular weight is 233 g/mol. The number of aromatic amines is 1. The third kappa shape index (κ3) is 3.33. The van der Waals surface area contributed by atoms with Crippen molar-refractivity contribution in [3.05, 3.63) is 12.4 Å². The van der Waals surface area contributed by atoms with Gasteiger partial charge >= 0.3 is 5.97 Å². The van der Waals surface area contributed by atoms with Crippen molar-refractivity contribution in [3.63, 3.8) is 0 Å². The molecule has 1 aromatic heterocycles. The van der Waals surface area contributed by atoms with Crippen molar-refractivity contribution in [2.24, 2.45) is 0 Å². The first kappa shape index (κ1) is 11.7. The number of sulfonamides is 1. The van der Waals surface area contributed by atoms with Gasteiger partial charge in [-0.15, -0.1) is 0 Å². The van der Waals surface area contributed by atoms with Crippen molar-refractivity contribution < 1.29 is 17.9 Å². The Morgan fingerprint density at radius 3 is 2.93 bits per heavy atom. The second-order valence-corrected chi connectivity index (χ2v) is 4.42. The molecule has 84 valence electrons. The molecule has 8 heteroatoms. The lowest BCUT2D eigenvalue weighted by Gasteiger charge is -2.02. The molecule has 0 aliphatic carbocycles. The maximum atomic E-state index is 11.4. The molecule has 0 atom stereocenters. The fraction of sp³-hybridized carbons (Fsp3) is 0.429. The van der Waals surface area contributed by atoms with Crippen molar-refractivity contribution in [2.75, 3.05) is 13.7 Å². The molecular formula is C7H11N3O4S. The molecule has 0 saturated carbocycles. The highest BCUT2D eigenvalue weighted by Crippen LogP contribution is 2.03. The van der Waals surface area contributed by atoms with E-state index >= 15 is 0 Å². The lowest BCUT2D eigenvalue weighted by molar-refractivity contribution is -0.140. The fourth-order valence-electron chi connectivity index (χ4n) is 0.859. The number of hydrogen-bond acceptors (Lipinski definition) is 5. The van der Waals surface area contributed by atoms with E-state index in [0.717, 1.165) is 0 Å². The SMILES string of the molecule is COC(=O)CCNS(=O)(=O)c1cn[nH]c1. The molecule has 2 N–H and O–H groups in total. The summed E-state index contributed by atoms with van der Waals surface area (Å²) in [7, 11) is -2.33. The summed E-state index contributed by atoms with van der Waals surface area (Å²) < 4.78 is 29.5. The van der Waals surface area contributed by atoms with Gasteiger partial charge < -0.3 is 4.74 Å². The summed E-state index contributed by atoms with van der Waals surface area (Å²) in [6.45, 7) is 0.000185. The third-order valence-electron chi connectivity index (χ3n) is 1.63. The molecule has 1 heterocycles. The van der Waals surface area contributed by atoms with Crippen LogP contribution in [0, 0.1) is 0 Å². The van der Waals surface area contributed by atoms with Gasteiger partial charge in [-0.05, 0) is 0 Å². The Bertz CT molecular complexity index is 411. The van der Waals surface area contributed by atoms with Crippen molar-refractivity contribution in [1.82, 2.24) is 14.9 Å². The van der Waals surface area contributed by atoms with Gasteiger partial charge in [-0.1, -0.05) is 0 Å². The average Bonchev–Trinajstić information content (AvgIpc) is 2.70. The molecular weight excluding hydrogens is 222 g/mol. The minimum Gasteiger partial charge on any atom is -0.469 e. The summed E-state index contributed by atoms with van der Waals surface area (Å²) in [5, 5.41) is 5.90. The molecule has 0 aliphatic heterocycles. The summed E-state index contributed by atoms with van der Waals surface area (Å²) in [6.07, 6.45) is 2.43. The molecule has 0 amide bonds. The summed E-state index contributed by atoms with van der Waals surface area (Å²) in [5.41, 5.74) is 0. The number of aromatic nitrogens is 2. The Kier molecular flexibility index (Phi) is 3.81. The molecule has 0 saturated heterocycles. The summed E-state index contributed by atoms with van der Waals surface area (Å²) in [6, 6.07) is 0. The van der Waals surface area contributed by atoms with Crippen LogP contribution < -0.4 is 4.72 Å². The number of H-pyrrole nitrogens is 1. The zero-order chi connectivity index (χ0) is 11.3. The van der Waals surface area contributed by atoms with Gasteiger partial charge in [-0.3, -0.25) is 9.89 Å². The van der Waals surface area contributed by atoms with Gasteiger partial charge in [0.05, 0.1) is 19.7 Å². The number of hydrogen-bond donors (Lipinski definition) is 2. The number of nitrogens with one attached hydrogen (secondary N) is 2. The molecule has 7 nitrogen and oxygen atoms in total. The molecule has 0 radical (unpaired) electrons. The molecule has 1 aromatic rings. The van der Waals surface area contributed by atoms with E-state index in [1.807, 2.05) is 0 Å². The molecule has 0 aliphatic rings. The number of rotatable bonds is 5. The fourth-order valence-corrected chi connectivity index (χ4v) is 1.80. The Morgan fingerprint density at radius 1 is 1.67 bits per heavy atom. The summed E-state index contributed by atoms with van der Waals surface area (Å²) in [5.74, 6) is -0.468. The van der Waals surface area contributed by atoms with Crippen molar-refractivity contribution in [1.29, 1.82) is 0 Å². The highest BCUT2D eigenvalue weighted by Gasteiger charge is 2.14. The molecule has 0 unspecified atom stereocenters. The number of methoxy groups -OCH3 is 1.